The Morgan fingerprint density at radius 2 is 1.90 bits per heavy atom. The third-order valence-corrected chi connectivity index (χ3v) is 5.50. The average Bonchev–Trinajstić information content (AvgIpc) is 2.79. The molecule has 0 unspecified atom stereocenters. The first-order chi connectivity index (χ1) is 9.91. The molecule has 0 saturated heterocycles. The summed E-state index contributed by atoms with van der Waals surface area (Å²) in [7, 11) is -3.72. The Morgan fingerprint density at radius 3 is 2.57 bits per heavy atom. The van der Waals surface area contributed by atoms with Gasteiger partial charge in [0.1, 0.15) is 16.4 Å². The van der Waals surface area contributed by atoms with Gasteiger partial charge in [-0.15, -0.1) is 0 Å². The van der Waals surface area contributed by atoms with Crippen molar-refractivity contribution in [1.29, 1.82) is 0 Å². The highest BCUT2D eigenvalue weighted by Crippen LogP contribution is 2.33. The summed E-state index contributed by atoms with van der Waals surface area (Å²) in [6.07, 6.45) is 0.187. The fourth-order valence-corrected chi connectivity index (χ4v) is 4.32. The summed E-state index contributed by atoms with van der Waals surface area (Å²) >= 11 is 0. The van der Waals surface area contributed by atoms with Crippen molar-refractivity contribution in [2.24, 2.45) is 0 Å². The van der Waals surface area contributed by atoms with Crippen LogP contribution in [0.3, 0.4) is 0 Å². The van der Waals surface area contributed by atoms with Crippen LogP contribution in [0.1, 0.15) is 28.3 Å². The van der Waals surface area contributed by atoms with Crippen molar-refractivity contribution in [2.45, 2.75) is 25.2 Å². The number of rotatable bonds is 2. The number of anilines is 1. The summed E-state index contributed by atoms with van der Waals surface area (Å²) in [5, 5.41) is 0. The number of furan rings is 1. The fraction of sp³-hybridized carbons (Fsp3) is 0.267. The molecule has 0 spiro atoms. The van der Waals surface area contributed by atoms with Gasteiger partial charge in [0.2, 0.25) is 0 Å². The summed E-state index contributed by atoms with van der Waals surface area (Å²) in [6.45, 7) is 3.49. The molecule has 0 saturated carbocycles. The summed E-state index contributed by atoms with van der Waals surface area (Å²) in [6, 6.07) is 8.30. The molecule has 0 radical (unpaired) electrons. The summed E-state index contributed by atoms with van der Waals surface area (Å²) in [5.41, 5.74) is 0.886. The predicted molar refractivity (Wildman–Crippen MR) is 78.1 cm³/mol. The van der Waals surface area contributed by atoms with E-state index in [1.807, 2.05) is 0 Å². The molecule has 1 aromatic carbocycles. The number of carbonyl (C=O) groups excluding carboxylic acids is 1. The number of carbonyl (C=O) groups is 1. The molecule has 0 bridgehead atoms. The summed E-state index contributed by atoms with van der Waals surface area (Å²) in [4.78, 5) is 12.1. The van der Waals surface area contributed by atoms with E-state index in [4.69, 9.17) is 4.42 Å². The van der Waals surface area contributed by atoms with Crippen LogP contribution >= 0.6 is 0 Å². The quantitative estimate of drug-likeness (QED) is 0.855. The van der Waals surface area contributed by atoms with E-state index in [0.29, 0.717) is 22.8 Å². The van der Waals surface area contributed by atoms with E-state index in [0.717, 1.165) is 0 Å². The third-order valence-electron chi connectivity index (χ3n) is 3.58. The van der Waals surface area contributed by atoms with E-state index in [-0.39, 0.29) is 23.6 Å². The van der Waals surface area contributed by atoms with Crippen LogP contribution in [-0.4, -0.2) is 20.7 Å². The average molecular weight is 305 g/mol. The minimum Gasteiger partial charge on any atom is -0.465 e. The zero-order valence-corrected chi connectivity index (χ0v) is 12.6. The second kappa shape index (κ2) is 4.73. The number of benzene rings is 1. The molecular formula is C15H15NO4S. The molecule has 2 heterocycles. The van der Waals surface area contributed by atoms with Crippen molar-refractivity contribution < 1.29 is 17.6 Å². The highest BCUT2D eigenvalue weighted by Gasteiger charge is 2.34. The van der Waals surface area contributed by atoms with Crippen LogP contribution in [-0.2, 0) is 10.0 Å². The third kappa shape index (κ3) is 2.15. The standard InChI is InChI=1S/C15H15NO4S/c1-10-9-15(11(2)20-10)21(18,19)16-8-7-14(17)12-5-3-4-6-13(12)16/h3-6,9H,7-8H2,1-2H3. The lowest BCUT2D eigenvalue weighted by Crippen LogP contribution is -2.37. The SMILES string of the molecule is Cc1cc(S(=O)(=O)N2CCC(=O)c3ccccc32)c(C)o1. The van der Waals surface area contributed by atoms with Gasteiger partial charge in [-0.05, 0) is 26.0 Å². The van der Waals surface area contributed by atoms with Gasteiger partial charge in [0.25, 0.3) is 10.0 Å². The van der Waals surface area contributed by atoms with Gasteiger partial charge in [-0.3, -0.25) is 9.10 Å². The van der Waals surface area contributed by atoms with Crippen LogP contribution in [0.4, 0.5) is 5.69 Å². The maximum Gasteiger partial charge on any atom is 0.267 e. The van der Waals surface area contributed by atoms with E-state index in [1.54, 1.807) is 38.1 Å². The molecule has 0 atom stereocenters. The molecule has 21 heavy (non-hydrogen) atoms. The maximum absolute atomic E-state index is 12.8. The molecule has 0 N–H and O–H groups in total. The van der Waals surface area contributed by atoms with E-state index >= 15 is 0 Å². The number of Topliss-reactive ketones (excluding diaryl/α,β-unsaturated/α-hetero) is 1. The van der Waals surface area contributed by atoms with Gasteiger partial charge in [0.05, 0.1) is 5.69 Å². The Labute approximate surface area is 123 Å². The second-order valence-corrected chi connectivity index (χ2v) is 6.88. The van der Waals surface area contributed by atoms with Crippen LogP contribution in [0.15, 0.2) is 39.6 Å². The van der Waals surface area contributed by atoms with Gasteiger partial charge < -0.3 is 4.42 Å². The first-order valence-corrected chi connectivity index (χ1v) is 8.07. The highest BCUT2D eigenvalue weighted by molar-refractivity contribution is 7.92. The molecule has 0 amide bonds. The zero-order valence-electron chi connectivity index (χ0n) is 11.8. The minimum atomic E-state index is -3.72. The normalized spacial score (nSPS) is 15.1. The number of aryl methyl sites for hydroxylation is 2. The number of sulfonamides is 1. The monoisotopic (exact) mass is 305 g/mol. The molecule has 6 heteroatoms. The fourth-order valence-electron chi connectivity index (χ4n) is 2.62. The number of para-hydroxylation sites is 1. The van der Waals surface area contributed by atoms with Crippen LogP contribution in [0, 0.1) is 13.8 Å². The summed E-state index contributed by atoms with van der Waals surface area (Å²) in [5.74, 6) is 0.881. The van der Waals surface area contributed by atoms with Crippen molar-refractivity contribution in [3.05, 3.63) is 47.4 Å². The molecule has 0 aliphatic carbocycles. The van der Waals surface area contributed by atoms with E-state index < -0.39 is 10.0 Å². The van der Waals surface area contributed by atoms with Gasteiger partial charge >= 0.3 is 0 Å². The first-order valence-electron chi connectivity index (χ1n) is 6.63. The molecule has 5 nitrogen and oxygen atoms in total. The molecule has 2 aromatic rings. The van der Waals surface area contributed by atoms with Gasteiger partial charge in [-0.25, -0.2) is 8.42 Å². The Bertz CT molecular complexity index is 820. The highest BCUT2D eigenvalue weighted by atomic mass is 32.2. The van der Waals surface area contributed by atoms with Crippen molar-refractivity contribution in [3.63, 3.8) is 0 Å². The van der Waals surface area contributed by atoms with Gasteiger partial charge in [-0.2, -0.15) is 0 Å². The first kappa shape index (κ1) is 13.9. The summed E-state index contributed by atoms with van der Waals surface area (Å²) < 4.78 is 32.3. The van der Waals surface area contributed by atoms with E-state index in [1.165, 1.54) is 10.4 Å². The van der Waals surface area contributed by atoms with Crippen molar-refractivity contribution >= 4 is 21.5 Å². The van der Waals surface area contributed by atoms with Crippen LogP contribution in [0.2, 0.25) is 0 Å². The molecule has 1 aliphatic rings. The van der Waals surface area contributed by atoms with Crippen molar-refractivity contribution in [3.8, 4) is 0 Å². The Kier molecular flexibility index (Phi) is 3.13. The molecule has 110 valence electrons. The van der Waals surface area contributed by atoms with Crippen molar-refractivity contribution in [1.82, 2.24) is 0 Å². The topological polar surface area (TPSA) is 67.6 Å². The largest absolute Gasteiger partial charge is 0.465 e. The Hall–Kier alpha value is -2.08. The Balaban J connectivity index is 2.15. The minimum absolute atomic E-state index is 0.0304. The number of hydrogen-bond donors (Lipinski definition) is 0. The van der Waals surface area contributed by atoms with E-state index in [9.17, 15) is 13.2 Å². The molecule has 1 aromatic heterocycles. The second-order valence-electron chi connectivity index (χ2n) is 5.04. The van der Waals surface area contributed by atoms with Crippen LogP contribution in [0.25, 0.3) is 0 Å². The smallest absolute Gasteiger partial charge is 0.267 e. The lowest BCUT2D eigenvalue weighted by molar-refractivity contribution is 0.0982. The molecule has 0 fully saturated rings. The molecular weight excluding hydrogens is 290 g/mol. The lowest BCUT2D eigenvalue weighted by Gasteiger charge is -2.29. The molecule has 1 aliphatic heterocycles. The van der Waals surface area contributed by atoms with Gasteiger partial charge in [0, 0.05) is 24.6 Å². The lowest BCUT2D eigenvalue weighted by atomic mass is 10.0. The zero-order chi connectivity index (χ0) is 15.2. The van der Waals surface area contributed by atoms with Crippen LogP contribution < -0.4 is 4.31 Å². The number of ketones is 1. The number of hydrogen-bond acceptors (Lipinski definition) is 4. The number of nitrogens with zero attached hydrogens (tertiary/aromatic N) is 1. The van der Waals surface area contributed by atoms with Crippen molar-refractivity contribution in [2.75, 3.05) is 10.8 Å². The predicted octanol–water partition coefficient (Wildman–Crippen LogP) is 2.68. The van der Waals surface area contributed by atoms with Crippen LogP contribution in [0.5, 0.6) is 0 Å². The van der Waals surface area contributed by atoms with Gasteiger partial charge in [-0.1, -0.05) is 12.1 Å². The number of fused-ring (bicyclic) bond motifs is 1. The molecule has 3 rings (SSSR count). The van der Waals surface area contributed by atoms with Gasteiger partial charge in [0.15, 0.2) is 5.78 Å². The maximum atomic E-state index is 12.8. The Morgan fingerprint density at radius 1 is 1.19 bits per heavy atom. The van der Waals surface area contributed by atoms with E-state index in [2.05, 4.69) is 0 Å².